The van der Waals surface area contributed by atoms with Gasteiger partial charge in [0.05, 0.1) is 18.9 Å². The number of aromatic nitrogens is 2. The van der Waals surface area contributed by atoms with Crippen LogP contribution in [0.3, 0.4) is 0 Å². The molecule has 3 aromatic rings. The Balaban J connectivity index is 2.09. The van der Waals surface area contributed by atoms with E-state index in [-0.39, 0.29) is 0 Å². The van der Waals surface area contributed by atoms with Crippen LogP contribution in [0.25, 0.3) is 10.9 Å². The molecule has 0 spiro atoms. The molecule has 23 heavy (non-hydrogen) atoms. The van der Waals surface area contributed by atoms with E-state index in [1.165, 1.54) is 12.6 Å². The molecule has 1 aromatic heterocycles. The van der Waals surface area contributed by atoms with Gasteiger partial charge in [0.15, 0.2) is 11.5 Å². The van der Waals surface area contributed by atoms with Gasteiger partial charge in [-0.3, -0.25) is 0 Å². The van der Waals surface area contributed by atoms with Crippen molar-refractivity contribution in [2.75, 3.05) is 12.4 Å². The van der Waals surface area contributed by atoms with E-state index in [2.05, 4.69) is 21.9 Å². The highest BCUT2D eigenvalue weighted by atomic mass is 35.5. The summed E-state index contributed by atoms with van der Waals surface area (Å²) in [7, 11) is 1.57. The number of nitrogens with zero attached hydrogens (tertiary/aromatic N) is 2. The number of halogens is 1. The lowest BCUT2D eigenvalue weighted by Crippen LogP contribution is -1.97. The Kier molecular flexibility index (Phi) is 4.30. The first kappa shape index (κ1) is 15.1. The molecule has 0 aliphatic heterocycles. The van der Waals surface area contributed by atoms with E-state index >= 15 is 0 Å². The number of rotatable bonds is 5. The van der Waals surface area contributed by atoms with Gasteiger partial charge in [0, 0.05) is 22.2 Å². The van der Waals surface area contributed by atoms with Gasteiger partial charge in [0.1, 0.15) is 12.1 Å². The summed E-state index contributed by atoms with van der Waals surface area (Å²) in [6.45, 7) is 3.57. The Morgan fingerprint density at radius 1 is 1.17 bits per heavy atom. The molecule has 1 N–H and O–H groups in total. The van der Waals surface area contributed by atoms with Crippen molar-refractivity contribution in [3.05, 3.63) is 60.6 Å². The normalized spacial score (nSPS) is 10.3. The van der Waals surface area contributed by atoms with Crippen molar-refractivity contribution in [3.63, 3.8) is 0 Å². The molecule has 0 radical (unpaired) electrons. The van der Waals surface area contributed by atoms with E-state index in [1.54, 1.807) is 13.2 Å². The monoisotopic (exact) mass is 327 g/mol. The maximum atomic E-state index is 6.01. The second-order valence-corrected chi connectivity index (χ2v) is 5.10. The van der Waals surface area contributed by atoms with Gasteiger partial charge in [0.25, 0.3) is 0 Å². The van der Waals surface area contributed by atoms with E-state index in [0.29, 0.717) is 22.3 Å². The lowest BCUT2D eigenvalue weighted by atomic mass is 10.2. The molecule has 3 rings (SSSR count). The molecule has 0 fully saturated rings. The summed E-state index contributed by atoms with van der Waals surface area (Å²) < 4.78 is 10.7. The second kappa shape index (κ2) is 6.54. The van der Waals surface area contributed by atoms with Crippen molar-refractivity contribution in [1.82, 2.24) is 9.97 Å². The van der Waals surface area contributed by atoms with Crippen molar-refractivity contribution in [3.8, 4) is 11.5 Å². The smallest absolute Gasteiger partial charge is 0.169 e. The molecule has 0 unspecified atom stereocenters. The van der Waals surface area contributed by atoms with Crippen molar-refractivity contribution in [2.45, 2.75) is 0 Å². The van der Waals surface area contributed by atoms with Crippen LogP contribution in [0.5, 0.6) is 11.5 Å². The Labute approximate surface area is 138 Å². The minimum Gasteiger partial charge on any atom is -0.493 e. The van der Waals surface area contributed by atoms with Gasteiger partial charge < -0.3 is 14.8 Å². The van der Waals surface area contributed by atoms with Crippen molar-refractivity contribution >= 4 is 34.0 Å². The zero-order valence-corrected chi connectivity index (χ0v) is 13.2. The highest BCUT2D eigenvalue weighted by molar-refractivity contribution is 6.30. The van der Waals surface area contributed by atoms with Crippen LogP contribution in [-0.4, -0.2) is 17.1 Å². The molecule has 0 bridgehead atoms. The minimum atomic E-state index is 0.541. The quantitative estimate of drug-likeness (QED) is 0.696. The highest BCUT2D eigenvalue weighted by Crippen LogP contribution is 2.34. The molecular formula is C17H14ClN3O2. The third-order valence-electron chi connectivity index (χ3n) is 3.22. The fourth-order valence-electron chi connectivity index (χ4n) is 2.21. The number of hydrogen-bond donors (Lipinski definition) is 1. The number of ether oxygens (including phenoxy) is 2. The first-order chi connectivity index (χ1) is 11.2. The van der Waals surface area contributed by atoms with Gasteiger partial charge in [-0.2, -0.15) is 0 Å². The van der Waals surface area contributed by atoms with Crippen LogP contribution in [0.1, 0.15) is 0 Å². The van der Waals surface area contributed by atoms with Crippen molar-refractivity contribution in [2.24, 2.45) is 0 Å². The maximum absolute atomic E-state index is 6.01. The Morgan fingerprint density at radius 3 is 2.78 bits per heavy atom. The average molecular weight is 328 g/mol. The molecule has 0 atom stereocenters. The van der Waals surface area contributed by atoms with E-state index in [0.717, 1.165) is 16.6 Å². The maximum Gasteiger partial charge on any atom is 0.169 e. The number of hydrogen-bond acceptors (Lipinski definition) is 5. The first-order valence-corrected chi connectivity index (χ1v) is 7.22. The third kappa shape index (κ3) is 3.19. The standard InChI is InChI=1S/C17H14ClN3O2/c1-3-23-16-8-13-14(9-15(16)22-2)19-10-20-17(13)21-12-6-4-5-11(18)7-12/h3-10H,1H2,2H3,(H,19,20,21). The number of anilines is 2. The lowest BCUT2D eigenvalue weighted by Gasteiger charge is -2.12. The molecule has 6 heteroatoms. The first-order valence-electron chi connectivity index (χ1n) is 6.84. The van der Waals surface area contributed by atoms with Crippen LogP contribution < -0.4 is 14.8 Å². The van der Waals surface area contributed by atoms with E-state index in [4.69, 9.17) is 21.1 Å². The van der Waals surface area contributed by atoms with Gasteiger partial charge in [-0.25, -0.2) is 9.97 Å². The summed E-state index contributed by atoms with van der Waals surface area (Å²) in [5.74, 6) is 1.76. The summed E-state index contributed by atoms with van der Waals surface area (Å²) in [5.41, 5.74) is 1.57. The molecular weight excluding hydrogens is 314 g/mol. The van der Waals surface area contributed by atoms with Crippen LogP contribution in [0.4, 0.5) is 11.5 Å². The van der Waals surface area contributed by atoms with E-state index in [9.17, 15) is 0 Å². The molecule has 2 aromatic carbocycles. The molecule has 0 saturated heterocycles. The number of methoxy groups -OCH3 is 1. The zero-order chi connectivity index (χ0) is 16.2. The number of benzene rings is 2. The Morgan fingerprint density at radius 2 is 2.04 bits per heavy atom. The summed E-state index contributed by atoms with van der Waals surface area (Å²) in [6.07, 6.45) is 2.83. The highest BCUT2D eigenvalue weighted by Gasteiger charge is 2.11. The second-order valence-electron chi connectivity index (χ2n) is 4.66. The predicted molar refractivity (Wildman–Crippen MR) is 91.6 cm³/mol. The number of nitrogens with one attached hydrogen (secondary N) is 1. The van der Waals surface area contributed by atoms with Gasteiger partial charge in [-0.1, -0.05) is 24.2 Å². The van der Waals surface area contributed by atoms with E-state index in [1.807, 2.05) is 30.3 Å². The van der Waals surface area contributed by atoms with E-state index < -0.39 is 0 Å². The fraction of sp³-hybridized carbons (Fsp3) is 0.0588. The SMILES string of the molecule is C=COc1cc2c(Nc3cccc(Cl)c3)ncnc2cc1OC. The topological polar surface area (TPSA) is 56.3 Å². The molecule has 0 saturated carbocycles. The minimum absolute atomic E-state index is 0.541. The molecule has 116 valence electrons. The largest absolute Gasteiger partial charge is 0.493 e. The Bertz CT molecular complexity index is 868. The van der Waals surface area contributed by atoms with Crippen molar-refractivity contribution in [1.29, 1.82) is 0 Å². The third-order valence-corrected chi connectivity index (χ3v) is 3.45. The van der Waals surface area contributed by atoms with Crippen LogP contribution in [-0.2, 0) is 0 Å². The van der Waals surface area contributed by atoms with Gasteiger partial charge in [-0.15, -0.1) is 0 Å². The van der Waals surface area contributed by atoms with Crippen LogP contribution in [0, 0.1) is 0 Å². The van der Waals surface area contributed by atoms with Gasteiger partial charge in [0.2, 0.25) is 0 Å². The summed E-state index contributed by atoms with van der Waals surface area (Å²) in [5, 5.41) is 4.68. The summed E-state index contributed by atoms with van der Waals surface area (Å²) in [6, 6.07) is 11.0. The molecule has 0 amide bonds. The van der Waals surface area contributed by atoms with Gasteiger partial charge >= 0.3 is 0 Å². The van der Waals surface area contributed by atoms with Crippen LogP contribution >= 0.6 is 11.6 Å². The zero-order valence-electron chi connectivity index (χ0n) is 12.4. The Hall–Kier alpha value is -2.79. The average Bonchev–Trinajstić information content (AvgIpc) is 2.55. The van der Waals surface area contributed by atoms with Crippen LogP contribution in [0.15, 0.2) is 55.6 Å². The van der Waals surface area contributed by atoms with Crippen LogP contribution in [0.2, 0.25) is 5.02 Å². The molecule has 1 heterocycles. The molecule has 5 nitrogen and oxygen atoms in total. The molecule has 0 aliphatic carbocycles. The summed E-state index contributed by atoms with van der Waals surface area (Å²) in [4.78, 5) is 8.57. The molecule has 0 aliphatic rings. The fourth-order valence-corrected chi connectivity index (χ4v) is 2.40. The number of fused-ring (bicyclic) bond motifs is 1. The predicted octanol–water partition coefficient (Wildman–Crippen LogP) is 4.56. The van der Waals surface area contributed by atoms with Gasteiger partial charge in [-0.05, 0) is 24.3 Å². The lowest BCUT2D eigenvalue weighted by molar-refractivity contribution is 0.379. The van der Waals surface area contributed by atoms with Crippen molar-refractivity contribution < 1.29 is 9.47 Å². The summed E-state index contributed by atoms with van der Waals surface area (Å²) >= 11 is 6.01.